The van der Waals surface area contributed by atoms with Gasteiger partial charge in [-0.2, -0.15) is 0 Å². The van der Waals surface area contributed by atoms with Crippen LogP contribution in [0.4, 0.5) is 0 Å². The summed E-state index contributed by atoms with van der Waals surface area (Å²) in [5.41, 5.74) is 1.22. The van der Waals surface area contributed by atoms with E-state index in [1.807, 2.05) is 23.1 Å². The Hall–Kier alpha value is -2.38. The van der Waals surface area contributed by atoms with Gasteiger partial charge in [-0.3, -0.25) is 14.7 Å². The molecule has 2 bridgehead atoms. The summed E-state index contributed by atoms with van der Waals surface area (Å²) in [7, 11) is 0. The van der Waals surface area contributed by atoms with Crippen LogP contribution in [0.5, 0.6) is 0 Å². The maximum atomic E-state index is 13.2. The van der Waals surface area contributed by atoms with Crippen LogP contribution in [0.25, 0.3) is 11.5 Å². The maximum absolute atomic E-state index is 13.2. The second-order valence-electron chi connectivity index (χ2n) is 8.53. The van der Waals surface area contributed by atoms with Crippen molar-refractivity contribution >= 4 is 5.91 Å². The highest BCUT2D eigenvalue weighted by molar-refractivity contribution is 5.93. The van der Waals surface area contributed by atoms with Crippen molar-refractivity contribution in [2.24, 2.45) is 11.8 Å². The number of pyridine rings is 1. The van der Waals surface area contributed by atoms with Crippen LogP contribution in [0.3, 0.4) is 0 Å². The van der Waals surface area contributed by atoms with Crippen molar-refractivity contribution in [3.8, 4) is 11.5 Å². The SMILES string of the molecule is O=C(c1cnc(-c2ccccn2)nc1)N1C[C@H]2C[C@@H](C1)[C@H](CO)N1CCCC[C@@H]21. The molecular formula is C22H27N5O2. The van der Waals surface area contributed by atoms with E-state index in [4.69, 9.17) is 0 Å². The van der Waals surface area contributed by atoms with Crippen LogP contribution >= 0.6 is 0 Å². The number of aromatic nitrogens is 3. The Bertz CT molecular complexity index is 845. The number of amides is 1. The molecule has 5 heterocycles. The molecule has 3 aliphatic rings. The van der Waals surface area contributed by atoms with E-state index in [9.17, 15) is 9.90 Å². The Balaban J connectivity index is 1.34. The molecule has 0 saturated carbocycles. The Morgan fingerprint density at radius 3 is 2.69 bits per heavy atom. The molecule has 0 unspecified atom stereocenters. The number of rotatable bonds is 3. The standard InChI is InChI=1S/C22H27N5O2/c28-14-20-16-9-15(19-6-2-4-8-27(19)20)12-26(13-16)22(29)17-10-24-21(25-11-17)18-5-1-3-7-23-18/h1,3,5,7,10-11,15-16,19-20,28H,2,4,6,8-9,12-14H2/t15-,16+,19+,20+/m1/s1. The molecule has 2 aromatic rings. The Labute approximate surface area is 170 Å². The predicted molar refractivity (Wildman–Crippen MR) is 108 cm³/mol. The summed E-state index contributed by atoms with van der Waals surface area (Å²) in [6.07, 6.45) is 9.69. The van der Waals surface area contributed by atoms with Gasteiger partial charge in [0.15, 0.2) is 5.82 Å². The van der Waals surface area contributed by atoms with Crippen molar-refractivity contribution in [3.63, 3.8) is 0 Å². The Morgan fingerprint density at radius 2 is 1.93 bits per heavy atom. The number of likely N-dealkylation sites (tertiary alicyclic amines) is 1. The third kappa shape index (κ3) is 3.42. The highest BCUT2D eigenvalue weighted by Crippen LogP contribution is 2.41. The van der Waals surface area contributed by atoms with Gasteiger partial charge in [-0.05, 0) is 49.8 Å². The van der Waals surface area contributed by atoms with E-state index in [1.165, 1.54) is 19.3 Å². The third-order valence-electron chi connectivity index (χ3n) is 6.89. The summed E-state index contributed by atoms with van der Waals surface area (Å²) in [4.78, 5) is 30.7. The average molecular weight is 393 g/mol. The zero-order valence-corrected chi connectivity index (χ0v) is 16.5. The van der Waals surface area contributed by atoms with E-state index in [0.29, 0.717) is 41.5 Å². The zero-order chi connectivity index (χ0) is 19.8. The van der Waals surface area contributed by atoms with Crippen LogP contribution in [0.1, 0.15) is 36.0 Å². The predicted octanol–water partition coefficient (Wildman–Crippen LogP) is 1.85. The molecule has 7 nitrogen and oxygen atoms in total. The summed E-state index contributed by atoms with van der Waals surface area (Å²) in [6.45, 7) is 2.75. The molecule has 1 amide bonds. The lowest BCUT2D eigenvalue weighted by atomic mass is 9.72. The van der Waals surface area contributed by atoms with Gasteiger partial charge in [0, 0.05) is 43.8 Å². The second-order valence-corrected chi connectivity index (χ2v) is 8.53. The number of piperidine rings is 3. The number of hydrogen-bond acceptors (Lipinski definition) is 6. The number of fused-ring (bicyclic) bond motifs is 4. The first kappa shape index (κ1) is 18.6. The maximum Gasteiger partial charge on any atom is 0.257 e. The van der Waals surface area contributed by atoms with Gasteiger partial charge in [0.2, 0.25) is 0 Å². The van der Waals surface area contributed by atoms with Crippen molar-refractivity contribution in [2.75, 3.05) is 26.2 Å². The molecule has 0 spiro atoms. The van der Waals surface area contributed by atoms with Gasteiger partial charge in [-0.1, -0.05) is 12.5 Å². The smallest absolute Gasteiger partial charge is 0.257 e. The van der Waals surface area contributed by atoms with Gasteiger partial charge < -0.3 is 10.0 Å². The topological polar surface area (TPSA) is 82.5 Å². The minimum absolute atomic E-state index is 0.00628. The van der Waals surface area contributed by atoms with Crippen molar-refractivity contribution in [2.45, 2.75) is 37.8 Å². The van der Waals surface area contributed by atoms with Crippen molar-refractivity contribution < 1.29 is 9.90 Å². The molecule has 7 heteroatoms. The first-order chi connectivity index (χ1) is 14.2. The molecule has 4 atom stereocenters. The quantitative estimate of drug-likeness (QED) is 0.857. The summed E-state index contributed by atoms with van der Waals surface area (Å²) >= 11 is 0. The van der Waals surface area contributed by atoms with Gasteiger partial charge >= 0.3 is 0 Å². The molecule has 0 aliphatic carbocycles. The molecular weight excluding hydrogens is 366 g/mol. The molecule has 0 aromatic carbocycles. The lowest BCUT2D eigenvalue weighted by molar-refractivity contribution is -0.0795. The third-order valence-corrected chi connectivity index (χ3v) is 6.89. The summed E-state index contributed by atoms with van der Waals surface area (Å²) < 4.78 is 0. The van der Waals surface area contributed by atoms with Crippen molar-refractivity contribution in [3.05, 3.63) is 42.4 Å². The fourth-order valence-corrected chi connectivity index (χ4v) is 5.57. The normalized spacial score (nSPS) is 29.3. The van der Waals surface area contributed by atoms with Crippen LogP contribution in [0.15, 0.2) is 36.8 Å². The molecule has 1 N–H and O–H groups in total. The number of carbonyl (C=O) groups is 1. The number of nitrogens with zero attached hydrogens (tertiary/aromatic N) is 5. The van der Waals surface area contributed by atoms with E-state index in [-0.39, 0.29) is 18.6 Å². The lowest BCUT2D eigenvalue weighted by Gasteiger charge is -2.56. The van der Waals surface area contributed by atoms with Gasteiger partial charge in [-0.25, -0.2) is 9.97 Å². The van der Waals surface area contributed by atoms with Crippen molar-refractivity contribution in [1.82, 2.24) is 24.8 Å². The summed E-state index contributed by atoms with van der Waals surface area (Å²) in [5.74, 6) is 1.35. The van der Waals surface area contributed by atoms with Gasteiger partial charge in [0.25, 0.3) is 5.91 Å². The molecule has 3 aliphatic heterocycles. The number of carbonyl (C=O) groups excluding carboxylic acids is 1. The second kappa shape index (κ2) is 7.80. The first-order valence-electron chi connectivity index (χ1n) is 10.6. The van der Waals surface area contributed by atoms with E-state index < -0.39 is 0 Å². The average Bonchev–Trinajstić information content (AvgIpc) is 2.79. The fraction of sp³-hybridized carbons (Fsp3) is 0.545. The van der Waals surface area contributed by atoms with Gasteiger partial charge in [-0.15, -0.1) is 0 Å². The fourth-order valence-electron chi connectivity index (χ4n) is 5.57. The van der Waals surface area contributed by atoms with Crippen LogP contribution in [0.2, 0.25) is 0 Å². The van der Waals surface area contributed by atoms with E-state index in [1.54, 1.807) is 18.6 Å². The van der Waals surface area contributed by atoms with Crippen LogP contribution in [0, 0.1) is 11.8 Å². The van der Waals surface area contributed by atoms with E-state index >= 15 is 0 Å². The highest BCUT2D eigenvalue weighted by Gasteiger charge is 2.47. The first-order valence-corrected chi connectivity index (χ1v) is 10.6. The zero-order valence-electron chi connectivity index (χ0n) is 16.5. The van der Waals surface area contributed by atoms with Crippen LogP contribution in [-0.2, 0) is 0 Å². The largest absolute Gasteiger partial charge is 0.395 e. The number of hydrogen-bond donors (Lipinski definition) is 1. The Kier molecular flexibility index (Phi) is 5.01. The number of aliphatic hydroxyl groups excluding tert-OH is 1. The molecule has 3 fully saturated rings. The van der Waals surface area contributed by atoms with Crippen molar-refractivity contribution in [1.29, 1.82) is 0 Å². The molecule has 3 saturated heterocycles. The molecule has 152 valence electrons. The monoisotopic (exact) mass is 393 g/mol. The van der Waals surface area contributed by atoms with Gasteiger partial charge in [0.1, 0.15) is 5.69 Å². The van der Waals surface area contributed by atoms with Crippen LogP contribution in [-0.4, -0.2) is 74.1 Å². The highest BCUT2D eigenvalue weighted by atomic mass is 16.3. The van der Waals surface area contributed by atoms with Crippen LogP contribution < -0.4 is 0 Å². The summed E-state index contributed by atoms with van der Waals surface area (Å²) in [6, 6.07) is 6.27. The molecule has 29 heavy (non-hydrogen) atoms. The molecule has 2 aromatic heterocycles. The number of aliphatic hydroxyl groups is 1. The van der Waals surface area contributed by atoms with E-state index in [2.05, 4.69) is 19.9 Å². The minimum Gasteiger partial charge on any atom is -0.395 e. The molecule has 0 radical (unpaired) electrons. The van der Waals surface area contributed by atoms with E-state index in [0.717, 1.165) is 19.5 Å². The summed E-state index contributed by atoms with van der Waals surface area (Å²) in [5, 5.41) is 10.1. The van der Waals surface area contributed by atoms with Gasteiger partial charge in [0.05, 0.1) is 12.2 Å². The lowest BCUT2D eigenvalue weighted by Crippen LogP contribution is -2.65. The molecule has 5 rings (SSSR count). The Morgan fingerprint density at radius 1 is 1.10 bits per heavy atom. The minimum atomic E-state index is -0.00628.